The molecule has 4 rings (SSSR count). The van der Waals surface area contributed by atoms with Crippen LogP contribution in [0, 0.1) is 5.82 Å². The number of hydrogen-bond donors (Lipinski definition) is 0. The molecule has 0 radical (unpaired) electrons. The van der Waals surface area contributed by atoms with Crippen molar-refractivity contribution in [1.82, 2.24) is 9.80 Å². The third-order valence-electron chi connectivity index (χ3n) is 5.38. The predicted molar refractivity (Wildman–Crippen MR) is 103 cm³/mol. The molecule has 2 aromatic rings. The average Bonchev–Trinajstić information content (AvgIpc) is 2.73. The molecule has 2 aromatic carbocycles. The molecule has 1 amide bonds. The Morgan fingerprint density at radius 1 is 1.03 bits per heavy atom. The first-order chi connectivity index (χ1) is 13.9. The highest BCUT2D eigenvalue weighted by molar-refractivity contribution is 6.06. The number of hydrogen-bond acceptors (Lipinski definition) is 3. The van der Waals surface area contributed by atoms with Gasteiger partial charge in [-0.1, -0.05) is 12.1 Å². The lowest BCUT2D eigenvalue weighted by molar-refractivity contribution is -0.129. The molecular weight excluding hydrogens is 381 g/mol. The monoisotopic (exact) mass is 402 g/mol. The number of amides is 1. The van der Waals surface area contributed by atoms with Crippen LogP contribution in [0.2, 0.25) is 0 Å². The molecule has 1 fully saturated rings. The van der Waals surface area contributed by atoms with Crippen LogP contribution in [0.1, 0.15) is 23.1 Å². The highest BCUT2D eigenvalue weighted by Gasteiger charge is 2.30. The Kier molecular flexibility index (Phi) is 5.32. The molecule has 2 aliphatic rings. The lowest BCUT2D eigenvalue weighted by atomic mass is 9.89. The zero-order chi connectivity index (χ0) is 20.5. The largest absolute Gasteiger partial charge is 0.488 e. The Morgan fingerprint density at radius 2 is 1.72 bits per heavy atom. The van der Waals surface area contributed by atoms with Crippen molar-refractivity contribution in [2.45, 2.75) is 6.43 Å². The molecule has 0 saturated carbocycles. The van der Waals surface area contributed by atoms with Crippen LogP contribution in [0.3, 0.4) is 0 Å². The van der Waals surface area contributed by atoms with E-state index in [0.717, 1.165) is 13.1 Å². The molecule has 2 aliphatic heterocycles. The van der Waals surface area contributed by atoms with Crippen LogP contribution in [0.15, 0.2) is 48.0 Å². The van der Waals surface area contributed by atoms with Gasteiger partial charge in [0.15, 0.2) is 0 Å². The second-order valence-corrected chi connectivity index (χ2v) is 7.30. The number of rotatable bonds is 3. The Bertz CT molecular complexity index is 949. The first kappa shape index (κ1) is 19.5. The molecule has 0 spiro atoms. The summed E-state index contributed by atoms with van der Waals surface area (Å²) in [4.78, 5) is 17.2. The molecular formula is C22H21F3N2O2. The van der Waals surface area contributed by atoms with Crippen molar-refractivity contribution >= 4 is 11.5 Å². The van der Waals surface area contributed by atoms with Crippen LogP contribution in [0.4, 0.5) is 13.2 Å². The number of halogens is 3. The van der Waals surface area contributed by atoms with E-state index in [1.807, 2.05) is 7.05 Å². The van der Waals surface area contributed by atoms with Gasteiger partial charge in [-0.2, -0.15) is 0 Å². The van der Waals surface area contributed by atoms with E-state index in [-0.39, 0.29) is 18.1 Å². The van der Waals surface area contributed by atoms with Crippen LogP contribution in [-0.2, 0) is 4.79 Å². The van der Waals surface area contributed by atoms with Crippen LogP contribution < -0.4 is 4.74 Å². The summed E-state index contributed by atoms with van der Waals surface area (Å²) in [5.41, 5.74) is 1.80. The number of fused-ring (bicyclic) bond motifs is 1. The van der Waals surface area contributed by atoms with Crippen molar-refractivity contribution in [2.75, 3.05) is 39.8 Å². The fourth-order valence-electron chi connectivity index (χ4n) is 3.70. The summed E-state index contributed by atoms with van der Waals surface area (Å²) in [5.74, 6) is -0.149. The minimum atomic E-state index is -2.64. The van der Waals surface area contributed by atoms with E-state index in [1.165, 1.54) is 30.3 Å². The summed E-state index contributed by atoms with van der Waals surface area (Å²) in [6, 6.07) is 9.89. The van der Waals surface area contributed by atoms with Crippen molar-refractivity contribution in [3.63, 3.8) is 0 Å². The van der Waals surface area contributed by atoms with Gasteiger partial charge in [0.2, 0.25) is 0 Å². The summed E-state index contributed by atoms with van der Waals surface area (Å²) in [5, 5.41) is 0. The maximum atomic E-state index is 13.5. The van der Waals surface area contributed by atoms with E-state index in [4.69, 9.17) is 4.74 Å². The fourth-order valence-corrected chi connectivity index (χ4v) is 3.70. The van der Waals surface area contributed by atoms with Crippen LogP contribution in [0.5, 0.6) is 5.75 Å². The van der Waals surface area contributed by atoms with Gasteiger partial charge in [-0.05, 0) is 42.9 Å². The SMILES string of the molecule is CN1CCN(C(=O)C2=C(c3ccc(F)cc3)c3cc(C(F)F)ccc3OC2)CC1. The quantitative estimate of drug-likeness (QED) is 0.784. The number of ether oxygens (including phenoxy) is 1. The topological polar surface area (TPSA) is 32.8 Å². The lowest BCUT2D eigenvalue weighted by Gasteiger charge is -2.34. The minimum absolute atomic E-state index is 0.0406. The second kappa shape index (κ2) is 7.91. The van der Waals surface area contributed by atoms with Gasteiger partial charge in [0.25, 0.3) is 12.3 Å². The smallest absolute Gasteiger partial charge is 0.263 e. The van der Waals surface area contributed by atoms with Crippen LogP contribution >= 0.6 is 0 Å². The zero-order valence-electron chi connectivity index (χ0n) is 16.0. The van der Waals surface area contributed by atoms with E-state index in [2.05, 4.69) is 4.90 Å². The molecule has 0 unspecified atom stereocenters. The Morgan fingerprint density at radius 3 is 2.38 bits per heavy atom. The third kappa shape index (κ3) is 3.87. The number of nitrogens with zero attached hydrogens (tertiary/aromatic N) is 2. The molecule has 0 bridgehead atoms. The van der Waals surface area contributed by atoms with Crippen molar-refractivity contribution in [3.05, 3.63) is 70.5 Å². The van der Waals surface area contributed by atoms with Gasteiger partial charge in [0.05, 0.1) is 5.57 Å². The maximum absolute atomic E-state index is 13.5. The highest BCUT2D eigenvalue weighted by Crippen LogP contribution is 2.40. The minimum Gasteiger partial charge on any atom is -0.488 e. The molecule has 1 saturated heterocycles. The van der Waals surface area contributed by atoms with E-state index < -0.39 is 12.2 Å². The zero-order valence-corrected chi connectivity index (χ0v) is 16.0. The van der Waals surface area contributed by atoms with E-state index >= 15 is 0 Å². The Labute approximate surface area is 167 Å². The normalized spacial score (nSPS) is 17.3. The van der Waals surface area contributed by atoms with E-state index in [0.29, 0.717) is 41.1 Å². The molecule has 4 nitrogen and oxygen atoms in total. The van der Waals surface area contributed by atoms with Gasteiger partial charge < -0.3 is 14.5 Å². The van der Waals surface area contributed by atoms with Gasteiger partial charge in [0.1, 0.15) is 18.2 Å². The summed E-state index contributed by atoms with van der Waals surface area (Å²) in [6.45, 7) is 2.73. The summed E-state index contributed by atoms with van der Waals surface area (Å²) in [6.07, 6.45) is -2.64. The standard InChI is InChI=1S/C22H21F3N2O2/c1-26-8-10-27(11-9-26)22(28)18-13-29-19-7-4-15(21(24)25)12-17(19)20(18)14-2-5-16(23)6-3-14/h2-7,12,21H,8-11,13H2,1H3. The van der Waals surface area contributed by atoms with Crippen molar-refractivity contribution in [1.29, 1.82) is 0 Å². The van der Waals surface area contributed by atoms with Crippen LogP contribution in [-0.4, -0.2) is 55.5 Å². The first-order valence-electron chi connectivity index (χ1n) is 9.46. The Balaban J connectivity index is 1.83. The Hall–Kier alpha value is -2.80. The first-order valence-corrected chi connectivity index (χ1v) is 9.46. The van der Waals surface area contributed by atoms with E-state index in [9.17, 15) is 18.0 Å². The number of piperazine rings is 1. The molecule has 0 aromatic heterocycles. The molecule has 0 N–H and O–H groups in total. The molecule has 29 heavy (non-hydrogen) atoms. The van der Waals surface area contributed by atoms with Gasteiger partial charge in [-0.3, -0.25) is 4.79 Å². The maximum Gasteiger partial charge on any atom is 0.263 e. The van der Waals surface area contributed by atoms with Crippen molar-refractivity contribution in [3.8, 4) is 5.75 Å². The molecule has 152 valence electrons. The predicted octanol–water partition coefficient (Wildman–Crippen LogP) is 3.73. The van der Waals surface area contributed by atoms with Crippen molar-refractivity contribution < 1.29 is 22.7 Å². The molecule has 0 aliphatic carbocycles. The highest BCUT2D eigenvalue weighted by atomic mass is 19.3. The number of benzene rings is 2. The van der Waals surface area contributed by atoms with Gasteiger partial charge in [-0.25, -0.2) is 13.2 Å². The van der Waals surface area contributed by atoms with Gasteiger partial charge >= 0.3 is 0 Å². The van der Waals surface area contributed by atoms with Gasteiger partial charge in [-0.15, -0.1) is 0 Å². The molecule has 7 heteroatoms. The van der Waals surface area contributed by atoms with Crippen LogP contribution in [0.25, 0.3) is 5.57 Å². The fraction of sp³-hybridized carbons (Fsp3) is 0.318. The van der Waals surface area contributed by atoms with Crippen molar-refractivity contribution in [2.24, 2.45) is 0 Å². The summed E-state index contributed by atoms with van der Waals surface area (Å²) in [7, 11) is 2.00. The number of likely N-dealkylation sites (N-methyl/N-ethyl adjacent to an activating group) is 1. The second-order valence-electron chi connectivity index (χ2n) is 7.30. The summed E-state index contributed by atoms with van der Waals surface area (Å²) < 4.78 is 45.9. The van der Waals surface area contributed by atoms with E-state index in [1.54, 1.807) is 17.0 Å². The van der Waals surface area contributed by atoms with Gasteiger partial charge in [0, 0.05) is 42.9 Å². The average molecular weight is 402 g/mol. The summed E-state index contributed by atoms with van der Waals surface area (Å²) >= 11 is 0. The molecule has 0 atom stereocenters. The lowest BCUT2D eigenvalue weighted by Crippen LogP contribution is -2.48. The molecule has 2 heterocycles. The number of alkyl halides is 2. The number of carbonyl (C=O) groups excluding carboxylic acids is 1. The third-order valence-corrected chi connectivity index (χ3v) is 5.38. The number of carbonyl (C=O) groups is 1.